The van der Waals surface area contributed by atoms with Crippen LogP contribution in [0.5, 0.6) is 5.75 Å². The van der Waals surface area contributed by atoms with Gasteiger partial charge in [-0.15, -0.1) is 0 Å². The molecule has 0 saturated carbocycles. The molecule has 1 amide bonds. The average molecular weight is 359 g/mol. The Hall–Kier alpha value is -3.60. The fraction of sp³-hybridized carbons (Fsp3) is 0.0909. The van der Waals surface area contributed by atoms with Gasteiger partial charge in [-0.05, 0) is 54.1 Å². The summed E-state index contributed by atoms with van der Waals surface area (Å²) in [7, 11) is 0. The molecule has 1 aromatic heterocycles. The van der Waals surface area contributed by atoms with Gasteiger partial charge in [0.25, 0.3) is 5.91 Å². The number of hydrogen-bond donors (Lipinski definition) is 1. The molecule has 0 spiro atoms. The minimum atomic E-state index is -0.666. The van der Waals surface area contributed by atoms with Crippen LogP contribution in [0.4, 0.5) is 5.69 Å². The highest BCUT2D eigenvalue weighted by atomic mass is 16.5. The zero-order chi connectivity index (χ0) is 18.8. The van der Waals surface area contributed by atoms with Crippen molar-refractivity contribution in [2.24, 2.45) is 0 Å². The van der Waals surface area contributed by atoms with Gasteiger partial charge in [0, 0.05) is 11.1 Å². The van der Waals surface area contributed by atoms with Gasteiger partial charge in [0.15, 0.2) is 0 Å². The summed E-state index contributed by atoms with van der Waals surface area (Å²) in [4.78, 5) is 24.9. The summed E-state index contributed by atoms with van der Waals surface area (Å²) in [5.74, 6) is 0.204. The van der Waals surface area contributed by atoms with Crippen LogP contribution in [0.2, 0.25) is 0 Å². The molecule has 0 atom stereocenters. The molecular formula is C22H17NO4. The second kappa shape index (κ2) is 6.96. The third-order valence-electron chi connectivity index (χ3n) is 4.31. The number of rotatable bonds is 4. The van der Waals surface area contributed by atoms with Crippen LogP contribution >= 0.6 is 0 Å². The highest BCUT2D eigenvalue weighted by Gasteiger charge is 2.15. The largest absolute Gasteiger partial charge is 0.494 e. The van der Waals surface area contributed by atoms with Crippen molar-refractivity contribution in [3.8, 4) is 5.75 Å². The van der Waals surface area contributed by atoms with E-state index in [2.05, 4.69) is 5.32 Å². The number of nitrogens with one attached hydrogen (secondary N) is 1. The average Bonchev–Trinajstić information content (AvgIpc) is 2.69. The number of hydrogen-bond acceptors (Lipinski definition) is 4. The predicted molar refractivity (Wildman–Crippen MR) is 106 cm³/mol. The second-order valence-electron chi connectivity index (χ2n) is 6.06. The van der Waals surface area contributed by atoms with E-state index in [9.17, 15) is 9.59 Å². The normalized spacial score (nSPS) is 10.9. The molecule has 0 saturated heterocycles. The van der Waals surface area contributed by atoms with Crippen molar-refractivity contribution in [3.63, 3.8) is 0 Å². The molecule has 1 N–H and O–H groups in total. The van der Waals surface area contributed by atoms with Gasteiger partial charge in [-0.3, -0.25) is 4.79 Å². The first-order valence-electron chi connectivity index (χ1n) is 8.65. The van der Waals surface area contributed by atoms with Crippen molar-refractivity contribution in [2.75, 3.05) is 11.9 Å². The summed E-state index contributed by atoms with van der Waals surface area (Å²) in [6.07, 6.45) is 0. The van der Waals surface area contributed by atoms with Crippen LogP contribution in [0.15, 0.2) is 75.9 Å². The minimum absolute atomic E-state index is 0.0345. The smallest absolute Gasteiger partial charge is 0.349 e. The molecular weight excluding hydrogens is 342 g/mol. The molecule has 0 aliphatic carbocycles. The molecule has 0 bridgehead atoms. The summed E-state index contributed by atoms with van der Waals surface area (Å²) in [6.45, 7) is 2.47. The van der Waals surface area contributed by atoms with E-state index in [1.165, 1.54) is 0 Å². The Kier molecular flexibility index (Phi) is 4.34. The molecule has 0 fully saturated rings. The van der Waals surface area contributed by atoms with Gasteiger partial charge in [-0.2, -0.15) is 0 Å². The van der Waals surface area contributed by atoms with E-state index < -0.39 is 11.5 Å². The van der Waals surface area contributed by atoms with Crippen LogP contribution in [-0.2, 0) is 0 Å². The van der Waals surface area contributed by atoms with Crippen molar-refractivity contribution in [2.45, 2.75) is 6.92 Å². The lowest BCUT2D eigenvalue weighted by molar-refractivity contribution is 0.102. The molecule has 0 aliphatic rings. The second-order valence-corrected chi connectivity index (χ2v) is 6.06. The summed E-state index contributed by atoms with van der Waals surface area (Å²) in [5.41, 5.74) is 0.325. The SMILES string of the molecule is CCOc1ccc(NC(=O)c2cc3c(ccc4ccccc43)oc2=O)cc1. The summed E-state index contributed by atoms with van der Waals surface area (Å²) < 4.78 is 10.8. The van der Waals surface area contributed by atoms with Gasteiger partial charge in [-0.25, -0.2) is 4.79 Å². The van der Waals surface area contributed by atoms with Gasteiger partial charge in [0.2, 0.25) is 0 Å². The number of carbonyl (C=O) groups is 1. The minimum Gasteiger partial charge on any atom is -0.494 e. The van der Waals surface area contributed by atoms with E-state index in [0.29, 0.717) is 23.6 Å². The van der Waals surface area contributed by atoms with Gasteiger partial charge in [0.05, 0.1) is 6.61 Å². The molecule has 5 nitrogen and oxygen atoms in total. The van der Waals surface area contributed by atoms with Gasteiger partial charge < -0.3 is 14.5 Å². The number of ether oxygens (including phenoxy) is 1. The molecule has 0 aliphatic heterocycles. The standard InChI is InChI=1S/C22H17NO4/c1-2-26-16-10-8-15(9-11-16)23-21(24)19-13-18-17-6-4-3-5-14(17)7-12-20(18)27-22(19)25/h3-13H,2H2,1H3,(H,23,24). The summed E-state index contributed by atoms with van der Waals surface area (Å²) in [5, 5.41) is 5.39. The number of amides is 1. The Morgan fingerprint density at radius 2 is 1.78 bits per heavy atom. The maximum Gasteiger partial charge on any atom is 0.349 e. The molecule has 4 aromatic rings. The first-order chi connectivity index (χ1) is 13.2. The number of fused-ring (bicyclic) bond motifs is 3. The fourth-order valence-electron chi connectivity index (χ4n) is 3.03. The van der Waals surface area contributed by atoms with Crippen molar-refractivity contribution in [1.82, 2.24) is 0 Å². The van der Waals surface area contributed by atoms with Crippen molar-refractivity contribution in [1.29, 1.82) is 0 Å². The number of anilines is 1. The quantitative estimate of drug-likeness (QED) is 0.427. The van der Waals surface area contributed by atoms with E-state index in [1.54, 1.807) is 36.4 Å². The maximum absolute atomic E-state index is 12.6. The molecule has 27 heavy (non-hydrogen) atoms. The molecule has 0 radical (unpaired) electrons. The Labute approximate surface area is 155 Å². The summed E-state index contributed by atoms with van der Waals surface area (Å²) >= 11 is 0. The monoisotopic (exact) mass is 359 g/mol. The zero-order valence-corrected chi connectivity index (χ0v) is 14.7. The van der Waals surface area contributed by atoms with Gasteiger partial charge >= 0.3 is 5.63 Å². The van der Waals surface area contributed by atoms with Crippen LogP contribution in [-0.4, -0.2) is 12.5 Å². The molecule has 1 heterocycles. The lowest BCUT2D eigenvalue weighted by Gasteiger charge is -2.08. The first-order valence-corrected chi connectivity index (χ1v) is 8.65. The van der Waals surface area contributed by atoms with Crippen LogP contribution in [0.1, 0.15) is 17.3 Å². The molecule has 5 heteroatoms. The molecule has 0 unspecified atom stereocenters. The van der Waals surface area contributed by atoms with Crippen molar-refractivity contribution >= 4 is 33.3 Å². The summed E-state index contributed by atoms with van der Waals surface area (Å²) in [6, 6.07) is 19.9. The number of benzene rings is 3. The highest BCUT2D eigenvalue weighted by Crippen LogP contribution is 2.25. The lowest BCUT2D eigenvalue weighted by Crippen LogP contribution is -2.20. The molecule has 4 rings (SSSR count). The third kappa shape index (κ3) is 3.27. The van der Waals surface area contributed by atoms with E-state index in [1.807, 2.05) is 37.3 Å². The lowest BCUT2D eigenvalue weighted by atomic mass is 10.0. The Morgan fingerprint density at radius 3 is 2.56 bits per heavy atom. The van der Waals surface area contributed by atoms with Crippen molar-refractivity contribution < 1.29 is 13.9 Å². The van der Waals surface area contributed by atoms with Crippen LogP contribution in [0.3, 0.4) is 0 Å². The maximum atomic E-state index is 12.6. The van der Waals surface area contributed by atoms with Crippen molar-refractivity contribution in [3.05, 3.63) is 82.7 Å². The Balaban J connectivity index is 1.71. The van der Waals surface area contributed by atoms with Crippen LogP contribution in [0, 0.1) is 0 Å². The number of carbonyl (C=O) groups excluding carboxylic acids is 1. The van der Waals surface area contributed by atoms with E-state index >= 15 is 0 Å². The highest BCUT2D eigenvalue weighted by molar-refractivity contribution is 6.10. The molecule has 3 aromatic carbocycles. The topological polar surface area (TPSA) is 68.5 Å². The third-order valence-corrected chi connectivity index (χ3v) is 4.31. The van der Waals surface area contributed by atoms with E-state index in [-0.39, 0.29) is 5.56 Å². The zero-order valence-electron chi connectivity index (χ0n) is 14.7. The van der Waals surface area contributed by atoms with E-state index in [4.69, 9.17) is 9.15 Å². The first kappa shape index (κ1) is 16.8. The van der Waals surface area contributed by atoms with Gasteiger partial charge in [-0.1, -0.05) is 30.3 Å². The molecule has 134 valence electrons. The predicted octanol–water partition coefficient (Wildman–Crippen LogP) is 4.60. The van der Waals surface area contributed by atoms with Crippen LogP contribution < -0.4 is 15.7 Å². The van der Waals surface area contributed by atoms with E-state index in [0.717, 1.165) is 16.2 Å². The van der Waals surface area contributed by atoms with Gasteiger partial charge in [0.1, 0.15) is 16.9 Å². The Morgan fingerprint density at radius 1 is 1.00 bits per heavy atom. The van der Waals surface area contributed by atoms with Crippen LogP contribution in [0.25, 0.3) is 21.7 Å². The fourth-order valence-corrected chi connectivity index (χ4v) is 3.03. The Bertz CT molecular complexity index is 1190.